The predicted octanol–water partition coefficient (Wildman–Crippen LogP) is 3.64. The quantitative estimate of drug-likeness (QED) is 0.510. The highest BCUT2D eigenvalue weighted by Crippen LogP contribution is 2.36. The summed E-state index contributed by atoms with van der Waals surface area (Å²) >= 11 is 6.03. The van der Waals surface area contributed by atoms with E-state index in [0.29, 0.717) is 32.0 Å². The molecule has 1 atom stereocenters. The molecule has 31 heavy (non-hydrogen) atoms. The normalized spacial score (nSPS) is 20.0. The summed E-state index contributed by atoms with van der Waals surface area (Å²) in [6, 6.07) is 10.3. The monoisotopic (exact) mass is 467 g/mol. The van der Waals surface area contributed by atoms with Crippen molar-refractivity contribution in [2.75, 3.05) is 35.9 Å². The van der Waals surface area contributed by atoms with Crippen molar-refractivity contribution in [3.05, 3.63) is 57.6 Å². The van der Waals surface area contributed by atoms with Gasteiger partial charge in [0, 0.05) is 25.1 Å². The van der Waals surface area contributed by atoms with Gasteiger partial charge in [-0.1, -0.05) is 23.7 Å². The first-order valence-electron chi connectivity index (χ1n) is 9.89. The molecule has 2 aliphatic rings. The van der Waals surface area contributed by atoms with Crippen LogP contribution in [0.2, 0.25) is 5.02 Å². The van der Waals surface area contributed by atoms with Crippen LogP contribution in [0.4, 0.5) is 17.1 Å². The average molecular weight is 468 g/mol. The van der Waals surface area contributed by atoms with Crippen LogP contribution in [0.3, 0.4) is 0 Å². The topological polar surface area (TPSA) is 111 Å². The second kappa shape index (κ2) is 8.99. The summed E-state index contributed by atoms with van der Waals surface area (Å²) in [5, 5.41) is 12.0. The van der Waals surface area contributed by atoms with E-state index in [0.717, 1.165) is 18.9 Å². The zero-order chi connectivity index (χ0) is 22.0. The second-order valence-corrected chi connectivity index (χ2v) is 9.54. The molecule has 2 saturated heterocycles. The Bertz CT molecular complexity index is 1070. The molecule has 2 aromatic rings. The summed E-state index contributed by atoms with van der Waals surface area (Å²) in [5.74, 6) is 0.0983. The number of nitro groups is 1. The number of sulfonamides is 1. The molecular formula is C20H22ClN3O6S. The summed E-state index contributed by atoms with van der Waals surface area (Å²) in [7, 11) is -4.06. The van der Waals surface area contributed by atoms with E-state index < -0.39 is 14.9 Å². The van der Waals surface area contributed by atoms with E-state index in [1.54, 1.807) is 18.2 Å². The predicted molar refractivity (Wildman–Crippen MR) is 116 cm³/mol. The van der Waals surface area contributed by atoms with Gasteiger partial charge in [-0.15, -0.1) is 0 Å². The fraction of sp³-hybridized carbons (Fsp3) is 0.400. The number of benzene rings is 2. The van der Waals surface area contributed by atoms with Crippen molar-refractivity contribution in [1.82, 2.24) is 0 Å². The Morgan fingerprint density at radius 3 is 2.61 bits per heavy atom. The fourth-order valence-electron chi connectivity index (χ4n) is 3.93. The van der Waals surface area contributed by atoms with Gasteiger partial charge in [0.1, 0.15) is 5.69 Å². The van der Waals surface area contributed by atoms with Gasteiger partial charge in [0.05, 0.1) is 33.7 Å². The molecule has 11 heteroatoms. The molecule has 2 aliphatic heterocycles. The smallest absolute Gasteiger partial charge is 0.293 e. The number of hydrogen-bond donors (Lipinski definition) is 1. The molecule has 0 amide bonds. The first-order valence-corrected chi connectivity index (χ1v) is 11.8. The van der Waals surface area contributed by atoms with Gasteiger partial charge < -0.3 is 14.4 Å². The van der Waals surface area contributed by atoms with Crippen LogP contribution in [0.5, 0.6) is 0 Å². The van der Waals surface area contributed by atoms with Gasteiger partial charge in [0.25, 0.3) is 15.7 Å². The zero-order valence-corrected chi connectivity index (χ0v) is 18.1. The van der Waals surface area contributed by atoms with Crippen LogP contribution in [0.25, 0.3) is 0 Å². The third kappa shape index (κ3) is 4.77. The number of ether oxygens (including phenoxy) is 2. The van der Waals surface area contributed by atoms with Gasteiger partial charge in [-0.3, -0.25) is 14.8 Å². The summed E-state index contributed by atoms with van der Waals surface area (Å²) in [5.41, 5.74) is 0.312. The fourth-order valence-corrected chi connectivity index (χ4v) is 5.27. The van der Waals surface area contributed by atoms with Gasteiger partial charge in [-0.2, -0.15) is 0 Å². The van der Waals surface area contributed by atoms with Crippen LogP contribution >= 0.6 is 11.6 Å². The lowest BCUT2D eigenvalue weighted by Gasteiger charge is -2.35. The molecule has 0 bridgehead atoms. The number of rotatable bonds is 6. The lowest BCUT2D eigenvalue weighted by molar-refractivity contribution is -0.384. The van der Waals surface area contributed by atoms with Gasteiger partial charge in [0.2, 0.25) is 0 Å². The molecule has 166 valence electrons. The Kier molecular flexibility index (Phi) is 6.33. The molecule has 0 radical (unpaired) electrons. The van der Waals surface area contributed by atoms with Crippen molar-refractivity contribution >= 4 is 38.7 Å². The molecule has 2 aromatic carbocycles. The Morgan fingerprint density at radius 2 is 1.90 bits per heavy atom. The molecule has 0 aromatic heterocycles. The Labute approximate surface area is 185 Å². The third-order valence-electron chi connectivity index (χ3n) is 5.40. The van der Waals surface area contributed by atoms with E-state index in [2.05, 4.69) is 4.72 Å². The van der Waals surface area contributed by atoms with Crippen LogP contribution in [-0.2, 0) is 19.5 Å². The van der Waals surface area contributed by atoms with Crippen LogP contribution in [-0.4, -0.2) is 45.9 Å². The van der Waals surface area contributed by atoms with Crippen molar-refractivity contribution in [2.45, 2.75) is 24.0 Å². The largest absolute Gasteiger partial charge is 0.366 e. The van der Waals surface area contributed by atoms with E-state index in [1.165, 1.54) is 18.2 Å². The number of piperidine rings is 1. The molecule has 1 N–H and O–H groups in total. The van der Waals surface area contributed by atoms with Crippen LogP contribution in [0, 0.1) is 16.0 Å². The minimum absolute atomic E-state index is 0.0983. The van der Waals surface area contributed by atoms with Gasteiger partial charge >= 0.3 is 0 Å². The minimum Gasteiger partial charge on any atom is -0.366 e. The van der Waals surface area contributed by atoms with Gasteiger partial charge in [-0.05, 0) is 37.1 Å². The lowest BCUT2D eigenvalue weighted by atomic mass is 9.96. The number of nitrogens with one attached hydrogen (secondary N) is 1. The number of nitrogens with zero attached hydrogens (tertiary/aromatic N) is 2. The maximum atomic E-state index is 12.8. The maximum Gasteiger partial charge on any atom is 0.293 e. The number of para-hydroxylation sites is 1. The Balaban J connectivity index is 1.61. The maximum absolute atomic E-state index is 12.8. The van der Waals surface area contributed by atoms with E-state index in [-0.39, 0.29) is 33.5 Å². The highest BCUT2D eigenvalue weighted by atomic mass is 35.5. The molecule has 0 saturated carbocycles. The molecule has 2 fully saturated rings. The SMILES string of the molecule is O=[N+]([O-])c1cc(S(=O)(=O)Nc2ccccc2Cl)ccc1N1CCC[C@@H](C2OCCO2)C1. The molecule has 0 unspecified atom stereocenters. The Hall–Kier alpha value is -2.40. The highest BCUT2D eigenvalue weighted by molar-refractivity contribution is 7.92. The van der Waals surface area contributed by atoms with Crippen molar-refractivity contribution in [1.29, 1.82) is 0 Å². The number of halogens is 1. The minimum atomic E-state index is -4.06. The van der Waals surface area contributed by atoms with E-state index >= 15 is 0 Å². The van der Waals surface area contributed by atoms with Crippen molar-refractivity contribution in [3.8, 4) is 0 Å². The molecule has 9 nitrogen and oxygen atoms in total. The summed E-state index contributed by atoms with van der Waals surface area (Å²) in [6.45, 7) is 2.27. The van der Waals surface area contributed by atoms with E-state index in [4.69, 9.17) is 21.1 Å². The Morgan fingerprint density at radius 1 is 1.16 bits per heavy atom. The van der Waals surface area contributed by atoms with Crippen LogP contribution < -0.4 is 9.62 Å². The first kappa shape index (κ1) is 21.8. The molecular weight excluding hydrogens is 446 g/mol. The van der Waals surface area contributed by atoms with E-state index in [1.807, 2.05) is 4.90 Å². The standard InChI is InChI=1S/C20H22ClN3O6S/c21-16-5-1-2-6-17(16)22-31(27,28)15-7-8-18(19(12-15)24(25)26)23-9-3-4-14(13-23)20-29-10-11-30-20/h1-2,5-8,12,14,20,22H,3-4,9-11,13H2/t14-/m1/s1. The summed E-state index contributed by atoms with van der Waals surface area (Å²) in [4.78, 5) is 12.9. The molecule has 4 rings (SSSR count). The lowest BCUT2D eigenvalue weighted by Crippen LogP contribution is -2.41. The summed E-state index contributed by atoms with van der Waals surface area (Å²) in [6.07, 6.45) is 1.43. The number of nitro benzene ring substituents is 1. The van der Waals surface area contributed by atoms with Gasteiger partial charge in [-0.25, -0.2) is 8.42 Å². The van der Waals surface area contributed by atoms with Crippen molar-refractivity contribution in [3.63, 3.8) is 0 Å². The van der Waals surface area contributed by atoms with E-state index in [9.17, 15) is 18.5 Å². The third-order valence-corrected chi connectivity index (χ3v) is 7.10. The first-order chi connectivity index (χ1) is 14.8. The molecule has 0 aliphatic carbocycles. The zero-order valence-electron chi connectivity index (χ0n) is 16.6. The summed E-state index contributed by atoms with van der Waals surface area (Å²) < 4.78 is 39.2. The number of anilines is 2. The van der Waals surface area contributed by atoms with Crippen molar-refractivity contribution in [2.24, 2.45) is 5.92 Å². The van der Waals surface area contributed by atoms with Crippen LogP contribution in [0.15, 0.2) is 47.4 Å². The average Bonchev–Trinajstić information content (AvgIpc) is 3.30. The van der Waals surface area contributed by atoms with Gasteiger partial charge in [0.15, 0.2) is 6.29 Å². The molecule has 2 heterocycles. The number of hydrogen-bond acceptors (Lipinski definition) is 7. The molecule has 0 spiro atoms. The van der Waals surface area contributed by atoms with Crippen LogP contribution in [0.1, 0.15) is 12.8 Å². The second-order valence-electron chi connectivity index (χ2n) is 7.45. The van der Waals surface area contributed by atoms with Crippen molar-refractivity contribution < 1.29 is 22.8 Å². The highest BCUT2D eigenvalue weighted by Gasteiger charge is 2.33.